The summed E-state index contributed by atoms with van der Waals surface area (Å²) in [4.78, 5) is 11.0. The number of carbonyl (C=O) groups is 1. The second-order valence-electron chi connectivity index (χ2n) is 6.38. The molecular formula is C17H22O3. The fourth-order valence-corrected chi connectivity index (χ4v) is 2.44. The number of methoxy groups -OCH3 is 1. The van der Waals surface area contributed by atoms with E-state index in [0.717, 1.165) is 35.3 Å². The quantitative estimate of drug-likeness (QED) is 0.848. The maximum Gasteiger partial charge on any atom is 0.328 e. The maximum absolute atomic E-state index is 11.0. The Labute approximate surface area is 120 Å². The highest BCUT2D eigenvalue weighted by atomic mass is 16.5. The van der Waals surface area contributed by atoms with E-state index in [1.807, 2.05) is 12.1 Å². The summed E-state index contributed by atoms with van der Waals surface area (Å²) < 4.78 is 5.43. The summed E-state index contributed by atoms with van der Waals surface area (Å²) in [5.74, 6) is 0.374. The summed E-state index contributed by atoms with van der Waals surface area (Å²) >= 11 is 0. The number of ether oxygens (including phenoxy) is 1. The van der Waals surface area contributed by atoms with E-state index < -0.39 is 5.97 Å². The van der Waals surface area contributed by atoms with Crippen LogP contribution in [-0.2, 0) is 10.2 Å². The van der Waals surface area contributed by atoms with Gasteiger partial charge < -0.3 is 9.84 Å². The van der Waals surface area contributed by atoms with Gasteiger partial charge in [0.25, 0.3) is 0 Å². The monoisotopic (exact) mass is 274 g/mol. The normalized spacial score (nSPS) is 16.1. The van der Waals surface area contributed by atoms with E-state index in [2.05, 4.69) is 26.8 Å². The number of hydrogen-bond donors (Lipinski definition) is 1. The van der Waals surface area contributed by atoms with Crippen molar-refractivity contribution >= 4 is 11.5 Å². The van der Waals surface area contributed by atoms with Crippen LogP contribution in [0.5, 0.6) is 5.75 Å². The standard InChI is InChI=1S/C17H22O3/c1-17(2,3)14-9-12(7-8-15(14)20-4)13(10-16(18)19)11-5-6-11/h7-11H,5-6H2,1-4H3,(H,18,19)/b13-10+. The third kappa shape index (κ3) is 3.21. The van der Waals surface area contributed by atoms with Crippen molar-refractivity contribution in [3.8, 4) is 5.75 Å². The molecule has 1 aliphatic rings. The smallest absolute Gasteiger partial charge is 0.328 e. The first-order valence-electron chi connectivity index (χ1n) is 6.96. The van der Waals surface area contributed by atoms with E-state index in [0.29, 0.717) is 5.92 Å². The number of rotatable bonds is 4. The van der Waals surface area contributed by atoms with E-state index in [1.165, 1.54) is 6.08 Å². The average Bonchev–Trinajstić information content (AvgIpc) is 3.18. The van der Waals surface area contributed by atoms with Crippen LogP contribution in [0.1, 0.15) is 44.7 Å². The van der Waals surface area contributed by atoms with Crippen LogP contribution in [0.3, 0.4) is 0 Å². The Morgan fingerprint density at radius 3 is 2.45 bits per heavy atom. The summed E-state index contributed by atoms with van der Waals surface area (Å²) in [6, 6.07) is 5.97. The number of hydrogen-bond acceptors (Lipinski definition) is 2. The minimum Gasteiger partial charge on any atom is -0.496 e. The maximum atomic E-state index is 11.0. The Balaban J connectivity index is 2.49. The van der Waals surface area contributed by atoms with Crippen LogP contribution in [0.15, 0.2) is 24.3 Å². The van der Waals surface area contributed by atoms with Crippen molar-refractivity contribution in [2.75, 3.05) is 7.11 Å². The second-order valence-corrected chi connectivity index (χ2v) is 6.38. The first-order chi connectivity index (χ1) is 9.32. The molecule has 20 heavy (non-hydrogen) atoms. The highest BCUT2D eigenvalue weighted by Gasteiger charge is 2.29. The van der Waals surface area contributed by atoms with Crippen LogP contribution in [-0.4, -0.2) is 18.2 Å². The lowest BCUT2D eigenvalue weighted by Crippen LogP contribution is -2.13. The second kappa shape index (κ2) is 5.31. The predicted molar refractivity (Wildman–Crippen MR) is 80.0 cm³/mol. The van der Waals surface area contributed by atoms with Gasteiger partial charge in [-0.2, -0.15) is 0 Å². The molecule has 0 unspecified atom stereocenters. The van der Waals surface area contributed by atoms with Gasteiger partial charge in [0, 0.05) is 11.6 Å². The first kappa shape index (κ1) is 14.6. The van der Waals surface area contributed by atoms with Crippen LogP contribution in [0.25, 0.3) is 5.57 Å². The zero-order valence-electron chi connectivity index (χ0n) is 12.6. The Morgan fingerprint density at radius 1 is 1.35 bits per heavy atom. The molecule has 0 aliphatic heterocycles. The van der Waals surface area contributed by atoms with E-state index in [9.17, 15) is 4.79 Å². The third-order valence-corrected chi connectivity index (χ3v) is 3.64. The lowest BCUT2D eigenvalue weighted by atomic mass is 9.84. The molecule has 0 amide bonds. The molecule has 1 aliphatic carbocycles. The van der Waals surface area contributed by atoms with Gasteiger partial charge in [-0.15, -0.1) is 0 Å². The fraction of sp³-hybridized carbons (Fsp3) is 0.471. The van der Waals surface area contributed by atoms with Gasteiger partial charge in [-0.25, -0.2) is 4.79 Å². The molecule has 1 saturated carbocycles. The molecular weight excluding hydrogens is 252 g/mol. The molecule has 0 atom stereocenters. The molecule has 0 saturated heterocycles. The Hall–Kier alpha value is -1.77. The van der Waals surface area contributed by atoms with Crippen LogP contribution in [0.2, 0.25) is 0 Å². The van der Waals surface area contributed by atoms with Crippen LogP contribution in [0, 0.1) is 5.92 Å². The summed E-state index contributed by atoms with van der Waals surface area (Å²) in [5, 5.41) is 9.05. The lowest BCUT2D eigenvalue weighted by molar-refractivity contribution is -0.131. The summed E-state index contributed by atoms with van der Waals surface area (Å²) in [7, 11) is 1.67. The van der Waals surface area contributed by atoms with Crippen molar-refractivity contribution in [1.82, 2.24) is 0 Å². The van der Waals surface area contributed by atoms with Crippen LogP contribution in [0.4, 0.5) is 0 Å². The summed E-state index contributed by atoms with van der Waals surface area (Å²) in [5.41, 5.74) is 3.00. The third-order valence-electron chi connectivity index (χ3n) is 3.64. The van der Waals surface area contributed by atoms with Crippen molar-refractivity contribution in [3.05, 3.63) is 35.4 Å². The number of allylic oxidation sites excluding steroid dienone is 1. The molecule has 3 nitrogen and oxygen atoms in total. The van der Waals surface area contributed by atoms with E-state index in [4.69, 9.17) is 9.84 Å². The van der Waals surface area contributed by atoms with Gasteiger partial charge in [-0.3, -0.25) is 0 Å². The number of carboxylic acids is 1. The molecule has 0 aromatic heterocycles. The Morgan fingerprint density at radius 2 is 2.00 bits per heavy atom. The highest BCUT2D eigenvalue weighted by molar-refractivity contribution is 5.91. The molecule has 1 fully saturated rings. The topological polar surface area (TPSA) is 46.5 Å². The van der Waals surface area contributed by atoms with Crippen molar-refractivity contribution in [2.45, 2.75) is 39.0 Å². The summed E-state index contributed by atoms with van der Waals surface area (Å²) in [6.45, 7) is 6.39. The molecule has 1 N–H and O–H groups in total. The molecule has 0 heterocycles. The predicted octanol–water partition coefficient (Wildman–Crippen LogP) is 3.87. The van der Waals surface area contributed by atoms with Crippen molar-refractivity contribution in [3.63, 3.8) is 0 Å². The average molecular weight is 274 g/mol. The fourth-order valence-electron chi connectivity index (χ4n) is 2.44. The number of aliphatic carboxylic acids is 1. The van der Waals surface area contributed by atoms with Gasteiger partial charge in [0.1, 0.15) is 5.75 Å². The molecule has 1 aromatic rings. The Kier molecular flexibility index (Phi) is 3.89. The highest BCUT2D eigenvalue weighted by Crippen LogP contribution is 2.43. The zero-order valence-corrected chi connectivity index (χ0v) is 12.6. The van der Waals surface area contributed by atoms with Gasteiger partial charge in [0.05, 0.1) is 7.11 Å². The summed E-state index contributed by atoms with van der Waals surface area (Å²) in [6.07, 6.45) is 3.51. The molecule has 3 heteroatoms. The van der Waals surface area contributed by atoms with Gasteiger partial charge in [0.2, 0.25) is 0 Å². The first-order valence-corrected chi connectivity index (χ1v) is 6.96. The largest absolute Gasteiger partial charge is 0.496 e. The molecule has 108 valence electrons. The zero-order chi connectivity index (χ0) is 14.9. The SMILES string of the molecule is COc1ccc(/C(=C/C(=O)O)C2CC2)cc1C(C)(C)C. The minimum atomic E-state index is -0.875. The van der Waals surface area contributed by atoms with E-state index in [-0.39, 0.29) is 5.41 Å². The molecule has 0 spiro atoms. The Bertz CT molecular complexity index is 546. The van der Waals surface area contributed by atoms with Crippen molar-refractivity contribution in [1.29, 1.82) is 0 Å². The number of benzene rings is 1. The van der Waals surface area contributed by atoms with Gasteiger partial charge >= 0.3 is 5.97 Å². The minimum absolute atomic E-state index is 0.0424. The van der Waals surface area contributed by atoms with Crippen molar-refractivity contribution in [2.24, 2.45) is 5.92 Å². The molecule has 0 bridgehead atoms. The van der Waals surface area contributed by atoms with E-state index in [1.54, 1.807) is 7.11 Å². The van der Waals surface area contributed by atoms with Gasteiger partial charge in [-0.1, -0.05) is 26.8 Å². The number of carboxylic acid groups (broad SMARTS) is 1. The van der Waals surface area contributed by atoms with Crippen molar-refractivity contribution < 1.29 is 14.6 Å². The van der Waals surface area contributed by atoms with Gasteiger partial charge in [0.15, 0.2) is 0 Å². The van der Waals surface area contributed by atoms with Crippen LogP contribution < -0.4 is 4.74 Å². The molecule has 0 radical (unpaired) electrons. The van der Waals surface area contributed by atoms with Gasteiger partial charge in [-0.05, 0) is 47.4 Å². The molecule has 1 aromatic carbocycles. The lowest BCUT2D eigenvalue weighted by Gasteiger charge is -2.23. The molecule has 2 rings (SSSR count). The van der Waals surface area contributed by atoms with E-state index >= 15 is 0 Å². The van der Waals surface area contributed by atoms with Crippen LogP contribution >= 0.6 is 0 Å².